The molecule has 20 heavy (non-hydrogen) atoms. The second kappa shape index (κ2) is 6.13. The van der Waals surface area contributed by atoms with Crippen LogP contribution >= 0.6 is 22.9 Å². The lowest BCUT2D eigenvalue weighted by Gasteiger charge is -2.07. The number of aryl methyl sites for hydroxylation is 1. The van der Waals surface area contributed by atoms with Crippen LogP contribution < -0.4 is 10.0 Å². The van der Waals surface area contributed by atoms with E-state index in [1.807, 2.05) is 19.2 Å². The third-order valence-corrected chi connectivity index (χ3v) is 6.10. The lowest BCUT2D eigenvalue weighted by molar-refractivity contribution is 0.603. The highest BCUT2D eigenvalue weighted by molar-refractivity contribution is 7.94. The van der Waals surface area contributed by atoms with Crippen LogP contribution in [0.1, 0.15) is 11.1 Å². The van der Waals surface area contributed by atoms with Gasteiger partial charge in [0, 0.05) is 12.2 Å². The van der Waals surface area contributed by atoms with Crippen molar-refractivity contribution in [1.29, 1.82) is 0 Å². The van der Waals surface area contributed by atoms with Crippen molar-refractivity contribution in [3.8, 4) is 0 Å². The van der Waals surface area contributed by atoms with Gasteiger partial charge in [0.15, 0.2) is 0 Å². The van der Waals surface area contributed by atoms with Gasteiger partial charge >= 0.3 is 0 Å². The molecule has 1 aromatic heterocycles. The first-order chi connectivity index (χ1) is 9.42. The summed E-state index contributed by atoms with van der Waals surface area (Å²) in [4.78, 5) is 0. The van der Waals surface area contributed by atoms with Crippen LogP contribution in [0, 0.1) is 6.92 Å². The molecular formula is C13H15ClN2O2S2. The molecule has 0 amide bonds. The summed E-state index contributed by atoms with van der Waals surface area (Å²) in [5, 5.41) is 3.03. The van der Waals surface area contributed by atoms with Crippen LogP contribution in [0.2, 0.25) is 4.34 Å². The molecule has 108 valence electrons. The molecule has 0 fully saturated rings. The van der Waals surface area contributed by atoms with Crippen molar-refractivity contribution >= 4 is 38.6 Å². The Labute approximate surface area is 127 Å². The highest BCUT2D eigenvalue weighted by Crippen LogP contribution is 2.31. The summed E-state index contributed by atoms with van der Waals surface area (Å²) in [5.41, 5.74) is 2.39. The molecular weight excluding hydrogens is 316 g/mol. The third-order valence-electron chi connectivity index (χ3n) is 2.69. The minimum atomic E-state index is -3.57. The summed E-state index contributed by atoms with van der Waals surface area (Å²) in [6, 6.07) is 8.81. The number of sulfonamides is 1. The second-order valence-electron chi connectivity index (χ2n) is 4.35. The van der Waals surface area contributed by atoms with Crippen LogP contribution in [0.25, 0.3) is 0 Å². The van der Waals surface area contributed by atoms with Gasteiger partial charge in [0.25, 0.3) is 10.0 Å². The van der Waals surface area contributed by atoms with Crippen LogP contribution in [0.15, 0.2) is 34.5 Å². The molecule has 0 spiro atoms. The molecule has 7 heteroatoms. The molecule has 2 rings (SSSR count). The average molecular weight is 331 g/mol. The van der Waals surface area contributed by atoms with Crippen LogP contribution in [-0.2, 0) is 16.6 Å². The molecule has 0 aliphatic carbocycles. The number of hydrogen-bond donors (Lipinski definition) is 2. The van der Waals surface area contributed by atoms with Gasteiger partial charge in [-0.15, -0.1) is 11.3 Å². The summed E-state index contributed by atoms with van der Waals surface area (Å²) >= 11 is 6.97. The fourth-order valence-electron chi connectivity index (χ4n) is 1.66. The maximum atomic E-state index is 12.2. The van der Waals surface area contributed by atoms with Gasteiger partial charge in [-0.1, -0.05) is 23.7 Å². The summed E-state index contributed by atoms with van der Waals surface area (Å²) in [5.74, 6) is 0. The predicted octanol–water partition coefficient (Wildman–Crippen LogP) is 3.23. The monoisotopic (exact) mass is 330 g/mol. The Morgan fingerprint density at radius 3 is 2.40 bits per heavy atom. The van der Waals surface area contributed by atoms with Crippen molar-refractivity contribution in [1.82, 2.24) is 5.32 Å². The molecule has 1 aromatic carbocycles. The zero-order valence-corrected chi connectivity index (χ0v) is 13.5. The SMILES string of the molecule is CNCc1ccc(NS(=O)(=O)c2cc(C)c(Cl)s2)cc1. The number of nitrogens with one attached hydrogen (secondary N) is 2. The molecule has 1 heterocycles. The van der Waals surface area contributed by atoms with Crippen LogP contribution in [-0.4, -0.2) is 15.5 Å². The van der Waals surface area contributed by atoms with Crippen molar-refractivity contribution in [2.75, 3.05) is 11.8 Å². The molecule has 2 aromatic rings. The zero-order valence-electron chi connectivity index (χ0n) is 11.1. The first-order valence-electron chi connectivity index (χ1n) is 5.94. The Morgan fingerprint density at radius 1 is 1.25 bits per heavy atom. The first-order valence-corrected chi connectivity index (χ1v) is 8.62. The van der Waals surface area contributed by atoms with E-state index >= 15 is 0 Å². The fourth-order valence-corrected chi connectivity index (χ4v) is 4.43. The second-order valence-corrected chi connectivity index (χ2v) is 7.92. The lowest BCUT2D eigenvalue weighted by Crippen LogP contribution is -2.11. The van der Waals surface area contributed by atoms with E-state index in [1.165, 1.54) is 0 Å². The molecule has 0 saturated heterocycles. The third kappa shape index (κ3) is 3.52. The van der Waals surface area contributed by atoms with Gasteiger partial charge in [0.05, 0.1) is 4.34 Å². The quantitative estimate of drug-likeness (QED) is 0.885. The number of hydrogen-bond acceptors (Lipinski definition) is 4. The number of rotatable bonds is 5. The summed E-state index contributed by atoms with van der Waals surface area (Å²) in [6.07, 6.45) is 0. The number of thiophene rings is 1. The van der Waals surface area contributed by atoms with E-state index in [-0.39, 0.29) is 4.21 Å². The largest absolute Gasteiger partial charge is 0.316 e. The molecule has 0 atom stereocenters. The number of anilines is 1. The minimum absolute atomic E-state index is 0.222. The maximum Gasteiger partial charge on any atom is 0.271 e. The fraction of sp³-hybridized carbons (Fsp3) is 0.231. The average Bonchev–Trinajstić information content (AvgIpc) is 2.73. The van der Waals surface area contributed by atoms with E-state index in [2.05, 4.69) is 10.0 Å². The Hall–Kier alpha value is -1.08. The van der Waals surface area contributed by atoms with E-state index in [4.69, 9.17) is 11.6 Å². The predicted molar refractivity (Wildman–Crippen MR) is 84.1 cm³/mol. The van der Waals surface area contributed by atoms with Gasteiger partial charge in [-0.3, -0.25) is 4.72 Å². The van der Waals surface area contributed by atoms with Gasteiger partial charge in [0.2, 0.25) is 0 Å². The summed E-state index contributed by atoms with van der Waals surface area (Å²) in [7, 11) is -1.71. The van der Waals surface area contributed by atoms with E-state index in [9.17, 15) is 8.42 Å². The van der Waals surface area contributed by atoms with Gasteiger partial charge in [0.1, 0.15) is 4.21 Å². The normalized spacial score (nSPS) is 11.6. The van der Waals surface area contributed by atoms with E-state index in [1.54, 1.807) is 25.1 Å². The van der Waals surface area contributed by atoms with Crippen molar-refractivity contribution in [3.05, 3.63) is 45.8 Å². The molecule has 0 saturated carbocycles. The topological polar surface area (TPSA) is 58.2 Å². The molecule has 0 bridgehead atoms. The Morgan fingerprint density at radius 2 is 1.90 bits per heavy atom. The molecule has 2 N–H and O–H groups in total. The van der Waals surface area contributed by atoms with Crippen molar-refractivity contribution in [2.24, 2.45) is 0 Å². The Bertz CT molecular complexity index is 674. The highest BCUT2D eigenvalue weighted by atomic mass is 35.5. The Balaban J connectivity index is 2.19. The standard InChI is InChI=1S/C13H15ClN2O2S2/c1-9-7-12(19-13(9)14)20(17,18)16-11-5-3-10(4-6-11)8-15-2/h3-7,15-16H,8H2,1-2H3. The highest BCUT2D eigenvalue weighted by Gasteiger charge is 2.18. The van der Waals surface area contributed by atoms with Gasteiger partial charge in [-0.2, -0.15) is 0 Å². The molecule has 0 radical (unpaired) electrons. The maximum absolute atomic E-state index is 12.2. The van der Waals surface area contributed by atoms with E-state index < -0.39 is 10.0 Å². The lowest BCUT2D eigenvalue weighted by atomic mass is 10.2. The van der Waals surface area contributed by atoms with Crippen LogP contribution in [0.4, 0.5) is 5.69 Å². The van der Waals surface area contributed by atoms with Gasteiger partial charge in [-0.05, 0) is 43.3 Å². The van der Waals surface area contributed by atoms with Crippen LogP contribution in [0.3, 0.4) is 0 Å². The minimum Gasteiger partial charge on any atom is -0.316 e. The van der Waals surface area contributed by atoms with Gasteiger partial charge < -0.3 is 5.32 Å². The number of halogens is 1. The summed E-state index contributed by atoms with van der Waals surface area (Å²) < 4.78 is 27.7. The Kier molecular flexibility index (Phi) is 4.70. The van der Waals surface area contributed by atoms with E-state index in [0.717, 1.165) is 29.0 Å². The molecule has 0 aliphatic heterocycles. The molecule has 4 nitrogen and oxygen atoms in total. The van der Waals surface area contributed by atoms with Gasteiger partial charge in [-0.25, -0.2) is 8.42 Å². The number of benzene rings is 1. The smallest absolute Gasteiger partial charge is 0.271 e. The first kappa shape index (κ1) is 15.3. The van der Waals surface area contributed by atoms with Crippen molar-refractivity contribution in [2.45, 2.75) is 17.7 Å². The molecule has 0 aliphatic rings. The zero-order chi connectivity index (χ0) is 14.8. The van der Waals surface area contributed by atoms with Crippen molar-refractivity contribution < 1.29 is 8.42 Å². The van der Waals surface area contributed by atoms with Crippen molar-refractivity contribution in [3.63, 3.8) is 0 Å². The summed E-state index contributed by atoms with van der Waals surface area (Å²) in [6.45, 7) is 2.52. The molecule has 0 unspecified atom stereocenters. The van der Waals surface area contributed by atoms with E-state index in [0.29, 0.717) is 10.0 Å². The van der Waals surface area contributed by atoms with Crippen LogP contribution in [0.5, 0.6) is 0 Å².